The molecule has 0 amide bonds. The zero-order chi connectivity index (χ0) is 11.2. The molecule has 14 heavy (non-hydrogen) atoms. The van der Waals surface area contributed by atoms with Crippen LogP contribution in [0.3, 0.4) is 0 Å². The molecule has 0 spiro atoms. The summed E-state index contributed by atoms with van der Waals surface area (Å²) in [5.41, 5.74) is 1.34. The Bertz CT molecular complexity index is 278. The van der Waals surface area contributed by atoms with E-state index in [1.165, 1.54) is 5.69 Å². The second-order valence-electron chi connectivity index (χ2n) is 3.57. The van der Waals surface area contributed by atoms with Gasteiger partial charge in [-0.05, 0) is 12.1 Å². The summed E-state index contributed by atoms with van der Waals surface area (Å²) in [6.07, 6.45) is 0. The molecule has 0 saturated heterocycles. The Balaban J connectivity index is 0.000000364. The van der Waals surface area contributed by atoms with Gasteiger partial charge in [0.1, 0.15) is 5.69 Å². The number of nitrogens with zero attached hydrogens (tertiary/aromatic N) is 1. The molecule has 0 saturated carbocycles. The van der Waals surface area contributed by atoms with Gasteiger partial charge < -0.3 is 9.11 Å². The van der Waals surface area contributed by atoms with Crippen LogP contribution in [0, 0.1) is 0 Å². The first-order valence-electron chi connectivity index (χ1n) is 3.99. The molecule has 4 nitrogen and oxygen atoms in total. The SMILES string of the molecule is C[N+](C)(C)c1ccccc1.O=S([O-])O. The normalized spacial score (nSPS) is 12.6. The molecular formula is C9H15NO3S. The third-order valence-electron chi connectivity index (χ3n) is 1.53. The molecule has 1 N–H and O–H groups in total. The highest BCUT2D eigenvalue weighted by atomic mass is 32.2. The van der Waals surface area contributed by atoms with Crippen molar-refractivity contribution in [3.63, 3.8) is 0 Å². The lowest BCUT2D eigenvalue weighted by atomic mass is 10.3. The van der Waals surface area contributed by atoms with E-state index in [1.54, 1.807) is 0 Å². The molecule has 0 aliphatic heterocycles. The van der Waals surface area contributed by atoms with Gasteiger partial charge in [0.05, 0.1) is 32.5 Å². The van der Waals surface area contributed by atoms with Gasteiger partial charge in [0.25, 0.3) is 0 Å². The highest BCUT2D eigenvalue weighted by Gasteiger charge is 2.08. The van der Waals surface area contributed by atoms with Crippen molar-refractivity contribution in [2.24, 2.45) is 0 Å². The molecular weight excluding hydrogens is 202 g/mol. The van der Waals surface area contributed by atoms with Crippen LogP contribution in [0.5, 0.6) is 0 Å². The maximum atomic E-state index is 8.56. The summed E-state index contributed by atoms with van der Waals surface area (Å²) >= 11 is -2.86. The summed E-state index contributed by atoms with van der Waals surface area (Å²) in [7, 11) is 6.49. The molecule has 80 valence electrons. The van der Waals surface area contributed by atoms with Gasteiger partial charge in [0.2, 0.25) is 0 Å². The second kappa shape index (κ2) is 5.87. The Morgan fingerprint density at radius 1 is 1.21 bits per heavy atom. The van der Waals surface area contributed by atoms with Crippen LogP contribution in [0.1, 0.15) is 0 Å². The van der Waals surface area contributed by atoms with E-state index in [9.17, 15) is 0 Å². The number of rotatable bonds is 1. The number of quaternary nitrogens is 1. The highest BCUT2D eigenvalue weighted by Crippen LogP contribution is 2.14. The van der Waals surface area contributed by atoms with Crippen molar-refractivity contribution in [1.29, 1.82) is 0 Å². The van der Waals surface area contributed by atoms with Crippen LogP contribution in [-0.2, 0) is 11.4 Å². The Morgan fingerprint density at radius 2 is 1.57 bits per heavy atom. The van der Waals surface area contributed by atoms with Gasteiger partial charge in [-0.25, -0.2) is 4.21 Å². The van der Waals surface area contributed by atoms with Gasteiger partial charge in [-0.1, -0.05) is 18.2 Å². The molecule has 1 atom stereocenters. The lowest BCUT2D eigenvalue weighted by Gasteiger charge is -2.22. The molecule has 0 aromatic heterocycles. The minimum atomic E-state index is -2.86. The Hall–Kier alpha value is -0.750. The molecule has 1 aromatic carbocycles. The molecule has 0 bridgehead atoms. The Labute approximate surface area is 86.9 Å². The van der Waals surface area contributed by atoms with E-state index < -0.39 is 11.4 Å². The summed E-state index contributed by atoms with van der Waals surface area (Å²) in [5, 5.41) is 0. The molecule has 0 fully saturated rings. The summed E-state index contributed by atoms with van der Waals surface area (Å²) in [4.78, 5) is 0. The molecule has 1 aromatic rings. The third-order valence-corrected chi connectivity index (χ3v) is 1.53. The third kappa shape index (κ3) is 6.73. The molecule has 0 radical (unpaired) electrons. The predicted molar refractivity (Wildman–Crippen MR) is 57.6 cm³/mol. The van der Waals surface area contributed by atoms with Gasteiger partial charge in [0, 0.05) is 0 Å². The zero-order valence-electron chi connectivity index (χ0n) is 8.51. The Morgan fingerprint density at radius 3 is 1.79 bits per heavy atom. The van der Waals surface area contributed by atoms with E-state index in [0.29, 0.717) is 0 Å². The highest BCUT2D eigenvalue weighted by molar-refractivity contribution is 7.73. The quantitative estimate of drug-likeness (QED) is 0.568. The summed E-state index contributed by atoms with van der Waals surface area (Å²) < 4.78 is 25.0. The largest absolute Gasteiger partial charge is 0.750 e. The van der Waals surface area contributed by atoms with Crippen molar-refractivity contribution in [3.05, 3.63) is 30.3 Å². The average Bonchev–Trinajstić information content (AvgIpc) is 2.03. The van der Waals surface area contributed by atoms with Crippen LogP contribution in [0.2, 0.25) is 0 Å². The van der Waals surface area contributed by atoms with Crippen LogP contribution in [-0.4, -0.2) is 34.5 Å². The first-order valence-corrected chi connectivity index (χ1v) is 5.02. The summed E-state index contributed by atoms with van der Waals surface area (Å²) in [5.74, 6) is 0. The van der Waals surface area contributed by atoms with E-state index in [1.807, 2.05) is 6.07 Å². The average molecular weight is 217 g/mol. The van der Waals surface area contributed by atoms with Crippen LogP contribution in [0.15, 0.2) is 30.3 Å². The van der Waals surface area contributed by atoms with E-state index in [2.05, 4.69) is 45.4 Å². The van der Waals surface area contributed by atoms with Crippen molar-refractivity contribution in [3.8, 4) is 0 Å². The standard InChI is InChI=1S/C9H14N.H2O3S/c1-10(2,3)9-7-5-4-6-8-9;1-4(2)3/h4-8H,1-3H3;(H2,1,2,3)/q+1;/p-1. The Kier molecular flexibility index (Phi) is 5.56. The van der Waals surface area contributed by atoms with E-state index in [-0.39, 0.29) is 0 Å². The van der Waals surface area contributed by atoms with Crippen LogP contribution >= 0.6 is 0 Å². The first-order chi connectivity index (χ1) is 6.34. The minimum Gasteiger partial charge on any atom is -0.750 e. The van der Waals surface area contributed by atoms with Crippen LogP contribution in [0.25, 0.3) is 0 Å². The van der Waals surface area contributed by atoms with Gasteiger partial charge in [-0.15, -0.1) is 0 Å². The fourth-order valence-corrected chi connectivity index (χ4v) is 0.875. The van der Waals surface area contributed by atoms with Crippen LogP contribution in [0.4, 0.5) is 5.69 Å². The van der Waals surface area contributed by atoms with E-state index in [4.69, 9.17) is 13.3 Å². The topological polar surface area (TPSA) is 60.4 Å². The van der Waals surface area contributed by atoms with Crippen molar-refractivity contribution in [1.82, 2.24) is 4.48 Å². The lowest BCUT2D eigenvalue weighted by molar-refractivity contribution is 0.436. The number of hydrogen-bond acceptors (Lipinski definition) is 2. The maximum Gasteiger partial charge on any atom is 0.132 e. The fraction of sp³-hybridized carbons (Fsp3) is 0.333. The second-order valence-corrected chi connectivity index (χ2v) is 4.00. The van der Waals surface area contributed by atoms with E-state index in [0.717, 1.165) is 4.48 Å². The molecule has 0 aliphatic carbocycles. The van der Waals surface area contributed by atoms with Crippen molar-refractivity contribution >= 4 is 17.0 Å². The molecule has 5 heteroatoms. The predicted octanol–water partition coefficient (Wildman–Crippen LogP) is 1.22. The zero-order valence-corrected chi connectivity index (χ0v) is 9.32. The van der Waals surface area contributed by atoms with E-state index >= 15 is 0 Å². The molecule has 1 unspecified atom stereocenters. The summed E-state index contributed by atoms with van der Waals surface area (Å²) in [6, 6.07) is 10.5. The molecule has 0 heterocycles. The fourth-order valence-electron chi connectivity index (χ4n) is 0.875. The van der Waals surface area contributed by atoms with Crippen LogP contribution < -0.4 is 4.48 Å². The smallest absolute Gasteiger partial charge is 0.132 e. The van der Waals surface area contributed by atoms with Crippen molar-refractivity contribution in [2.75, 3.05) is 21.1 Å². The number of benzene rings is 1. The first kappa shape index (κ1) is 13.2. The van der Waals surface area contributed by atoms with Gasteiger partial charge in [0.15, 0.2) is 0 Å². The number of hydrogen-bond donors (Lipinski definition) is 1. The lowest BCUT2D eigenvalue weighted by Crippen LogP contribution is -2.34. The monoisotopic (exact) mass is 217 g/mol. The maximum absolute atomic E-state index is 8.56. The summed E-state index contributed by atoms with van der Waals surface area (Å²) in [6.45, 7) is 0. The molecule has 0 aliphatic rings. The van der Waals surface area contributed by atoms with Crippen molar-refractivity contribution < 1.29 is 13.3 Å². The van der Waals surface area contributed by atoms with Crippen molar-refractivity contribution in [2.45, 2.75) is 0 Å². The van der Waals surface area contributed by atoms with Gasteiger partial charge >= 0.3 is 0 Å². The van der Waals surface area contributed by atoms with Gasteiger partial charge in [-0.3, -0.25) is 4.48 Å². The minimum absolute atomic E-state index is 0.890. The van der Waals surface area contributed by atoms with Gasteiger partial charge in [-0.2, -0.15) is 0 Å². The molecule has 1 rings (SSSR count). The number of para-hydroxylation sites is 1.